The summed E-state index contributed by atoms with van der Waals surface area (Å²) >= 11 is 0. The van der Waals surface area contributed by atoms with Crippen LogP contribution in [0.1, 0.15) is 18.1 Å². The zero-order valence-corrected chi connectivity index (χ0v) is 7.50. The Balaban J connectivity index is 2.14. The van der Waals surface area contributed by atoms with E-state index in [-0.39, 0.29) is 11.9 Å². The molecule has 1 aromatic carbocycles. The average molecular weight is 195 g/mol. The van der Waals surface area contributed by atoms with Gasteiger partial charge in [-0.3, -0.25) is 0 Å². The number of cyclic esters (lactones) is 1. The number of nitrogens with one attached hydrogen (secondary N) is 1. The maximum absolute atomic E-state index is 12.6. The van der Waals surface area contributed by atoms with Crippen LogP contribution in [0.3, 0.4) is 0 Å². The topological polar surface area (TPSA) is 38.3 Å². The summed E-state index contributed by atoms with van der Waals surface area (Å²) in [5.41, 5.74) is 0.834. The van der Waals surface area contributed by atoms with Crippen LogP contribution < -0.4 is 5.32 Å². The summed E-state index contributed by atoms with van der Waals surface area (Å²) in [6.45, 7) is 0.598. The number of carbonyl (C=O) groups excluding carboxylic acids is 1. The molecule has 0 aliphatic carbocycles. The molecule has 1 aliphatic rings. The zero-order valence-electron chi connectivity index (χ0n) is 7.50. The lowest BCUT2D eigenvalue weighted by molar-refractivity contribution is 0.0738. The van der Waals surface area contributed by atoms with E-state index in [1.165, 1.54) is 12.1 Å². The number of rotatable bonds is 1. The van der Waals surface area contributed by atoms with Crippen LogP contribution in [-0.2, 0) is 4.74 Å². The van der Waals surface area contributed by atoms with Crippen molar-refractivity contribution >= 4 is 6.09 Å². The Kier molecular flexibility index (Phi) is 2.35. The first-order valence-electron chi connectivity index (χ1n) is 4.45. The van der Waals surface area contributed by atoms with Crippen LogP contribution in [0.25, 0.3) is 0 Å². The van der Waals surface area contributed by atoms with E-state index < -0.39 is 6.09 Å². The molecule has 1 heterocycles. The minimum Gasteiger partial charge on any atom is -0.441 e. The summed E-state index contributed by atoms with van der Waals surface area (Å²) in [6, 6.07) is 6.01. The molecule has 1 fully saturated rings. The van der Waals surface area contributed by atoms with Gasteiger partial charge in [-0.1, -0.05) is 12.1 Å². The minimum atomic E-state index is -0.412. The van der Waals surface area contributed by atoms with Crippen LogP contribution in [0, 0.1) is 5.82 Å². The Hall–Kier alpha value is -1.58. The first-order chi connectivity index (χ1) is 6.75. The molecule has 0 aromatic heterocycles. The Morgan fingerprint density at radius 1 is 1.36 bits per heavy atom. The molecule has 3 nitrogen and oxygen atoms in total. The molecule has 4 heteroatoms. The van der Waals surface area contributed by atoms with Gasteiger partial charge in [-0.25, -0.2) is 9.18 Å². The van der Waals surface area contributed by atoms with Gasteiger partial charge >= 0.3 is 6.09 Å². The molecule has 1 atom stereocenters. The Bertz CT molecular complexity index is 336. The lowest BCUT2D eigenvalue weighted by Crippen LogP contribution is -2.33. The molecule has 1 aliphatic heterocycles. The highest BCUT2D eigenvalue weighted by Gasteiger charge is 2.20. The molecule has 0 bridgehead atoms. The molecule has 0 saturated carbocycles. The van der Waals surface area contributed by atoms with Crippen LogP contribution in [0.2, 0.25) is 0 Å². The Morgan fingerprint density at radius 3 is 2.71 bits per heavy atom. The van der Waals surface area contributed by atoms with Crippen molar-refractivity contribution in [1.82, 2.24) is 5.32 Å². The molecular weight excluding hydrogens is 185 g/mol. The van der Waals surface area contributed by atoms with Gasteiger partial charge < -0.3 is 10.1 Å². The highest BCUT2D eigenvalue weighted by atomic mass is 19.1. The molecule has 0 radical (unpaired) electrons. The molecule has 2 rings (SSSR count). The summed E-state index contributed by atoms with van der Waals surface area (Å²) in [6.07, 6.45) is 0.0621. The Labute approximate surface area is 80.9 Å². The molecule has 1 aromatic rings. The molecule has 0 unspecified atom stereocenters. The second kappa shape index (κ2) is 3.65. The van der Waals surface area contributed by atoms with E-state index in [4.69, 9.17) is 4.74 Å². The summed E-state index contributed by atoms with van der Waals surface area (Å²) in [7, 11) is 0. The number of ether oxygens (including phenoxy) is 1. The summed E-state index contributed by atoms with van der Waals surface area (Å²) in [5, 5.41) is 2.56. The standard InChI is InChI=1S/C10H10FNO2/c11-8-3-1-7(2-4-8)9-5-6-12-10(13)14-9/h1-4,9H,5-6H2,(H,12,13)/t9-/m1/s1. The van der Waals surface area contributed by atoms with E-state index in [1.807, 2.05) is 0 Å². The third-order valence-electron chi connectivity index (χ3n) is 2.17. The van der Waals surface area contributed by atoms with Gasteiger partial charge in [0.25, 0.3) is 0 Å². The van der Waals surface area contributed by atoms with Crippen molar-refractivity contribution < 1.29 is 13.9 Å². The third-order valence-corrected chi connectivity index (χ3v) is 2.17. The van der Waals surface area contributed by atoms with E-state index in [2.05, 4.69) is 5.32 Å². The van der Waals surface area contributed by atoms with Gasteiger partial charge in [0.1, 0.15) is 11.9 Å². The van der Waals surface area contributed by atoms with Gasteiger partial charge in [-0.15, -0.1) is 0 Å². The summed E-state index contributed by atoms with van der Waals surface area (Å²) in [4.78, 5) is 10.9. The van der Waals surface area contributed by atoms with Gasteiger partial charge in [0.05, 0.1) is 0 Å². The van der Waals surface area contributed by atoms with Crippen LogP contribution in [0.5, 0.6) is 0 Å². The lowest BCUT2D eigenvalue weighted by atomic mass is 10.1. The van der Waals surface area contributed by atoms with E-state index in [0.717, 1.165) is 12.0 Å². The maximum Gasteiger partial charge on any atom is 0.407 e. The molecule has 14 heavy (non-hydrogen) atoms. The van der Waals surface area contributed by atoms with Crippen LogP contribution in [0.15, 0.2) is 24.3 Å². The highest BCUT2D eigenvalue weighted by molar-refractivity contribution is 5.68. The fraction of sp³-hybridized carbons (Fsp3) is 0.300. The predicted molar refractivity (Wildman–Crippen MR) is 48.2 cm³/mol. The maximum atomic E-state index is 12.6. The monoisotopic (exact) mass is 195 g/mol. The fourth-order valence-corrected chi connectivity index (χ4v) is 1.45. The van der Waals surface area contributed by atoms with Crippen LogP contribution >= 0.6 is 0 Å². The zero-order chi connectivity index (χ0) is 9.97. The van der Waals surface area contributed by atoms with Crippen molar-refractivity contribution in [3.8, 4) is 0 Å². The predicted octanol–water partition coefficient (Wildman–Crippen LogP) is 2.00. The number of halogens is 1. The second-order valence-corrected chi connectivity index (χ2v) is 3.16. The van der Waals surface area contributed by atoms with Crippen molar-refractivity contribution in [2.24, 2.45) is 0 Å². The van der Waals surface area contributed by atoms with Gasteiger partial charge in [0.15, 0.2) is 0 Å². The number of benzene rings is 1. The summed E-state index contributed by atoms with van der Waals surface area (Å²) < 4.78 is 17.7. The normalized spacial score (nSPS) is 21.2. The number of amides is 1. The van der Waals surface area contributed by atoms with Gasteiger partial charge in [0.2, 0.25) is 0 Å². The van der Waals surface area contributed by atoms with Gasteiger partial charge in [0, 0.05) is 13.0 Å². The van der Waals surface area contributed by atoms with Gasteiger partial charge in [-0.05, 0) is 17.7 Å². The van der Waals surface area contributed by atoms with E-state index >= 15 is 0 Å². The number of carbonyl (C=O) groups is 1. The third kappa shape index (κ3) is 1.84. The van der Waals surface area contributed by atoms with E-state index in [9.17, 15) is 9.18 Å². The van der Waals surface area contributed by atoms with Gasteiger partial charge in [-0.2, -0.15) is 0 Å². The first-order valence-corrected chi connectivity index (χ1v) is 4.45. The molecule has 1 N–H and O–H groups in total. The second-order valence-electron chi connectivity index (χ2n) is 3.16. The smallest absolute Gasteiger partial charge is 0.407 e. The molecular formula is C10H10FNO2. The van der Waals surface area contributed by atoms with E-state index in [1.54, 1.807) is 12.1 Å². The Morgan fingerprint density at radius 2 is 2.07 bits per heavy atom. The van der Waals surface area contributed by atoms with Crippen molar-refractivity contribution in [2.75, 3.05) is 6.54 Å². The van der Waals surface area contributed by atoms with Crippen molar-refractivity contribution in [3.63, 3.8) is 0 Å². The largest absolute Gasteiger partial charge is 0.441 e. The van der Waals surface area contributed by atoms with Crippen LogP contribution in [-0.4, -0.2) is 12.6 Å². The highest BCUT2D eigenvalue weighted by Crippen LogP contribution is 2.23. The molecule has 0 spiro atoms. The van der Waals surface area contributed by atoms with Crippen molar-refractivity contribution in [1.29, 1.82) is 0 Å². The average Bonchev–Trinajstić information content (AvgIpc) is 2.19. The minimum absolute atomic E-state index is 0.246. The van der Waals surface area contributed by atoms with Crippen molar-refractivity contribution in [2.45, 2.75) is 12.5 Å². The lowest BCUT2D eigenvalue weighted by Gasteiger charge is -2.23. The summed E-state index contributed by atoms with van der Waals surface area (Å²) in [5.74, 6) is -0.283. The SMILES string of the molecule is O=C1NCC[C@H](c2ccc(F)cc2)O1. The molecule has 1 saturated heterocycles. The first kappa shape index (κ1) is 8.99. The van der Waals surface area contributed by atoms with Crippen LogP contribution in [0.4, 0.5) is 9.18 Å². The number of hydrogen-bond donors (Lipinski definition) is 1. The van der Waals surface area contributed by atoms with E-state index in [0.29, 0.717) is 6.54 Å². The fourth-order valence-electron chi connectivity index (χ4n) is 1.45. The quantitative estimate of drug-likeness (QED) is 0.744. The van der Waals surface area contributed by atoms with Crippen molar-refractivity contribution in [3.05, 3.63) is 35.6 Å². The molecule has 1 amide bonds. The number of alkyl carbamates (subject to hydrolysis) is 1. The molecule has 74 valence electrons. The number of hydrogen-bond acceptors (Lipinski definition) is 2.